The molecule has 0 aliphatic carbocycles. The summed E-state index contributed by atoms with van der Waals surface area (Å²) in [5.74, 6) is 1.71. The number of hydrogen-bond acceptors (Lipinski definition) is 6. The lowest BCUT2D eigenvalue weighted by Crippen LogP contribution is -2.35. The van der Waals surface area contributed by atoms with E-state index in [1.807, 2.05) is 48.3 Å². The van der Waals surface area contributed by atoms with Crippen molar-refractivity contribution in [3.63, 3.8) is 0 Å². The van der Waals surface area contributed by atoms with E-state index in [4.69, 9.17) is 9.73 Å². The van der Waals surface area contributed by atoms with Gasteiger partial charge in [0.1, 0.15) is 6.04 Å². The predicted octanol–water partition coefficient (Wildman–Crippen LogP) is 3.78. The fraction of sp³-hybridized carbons (Fsp3) is 0.368. The molecule has 1 saturated heterocycles. The summed E-state index contributed by atoms with van der Waals surface area (Å²) in [6.07, 6.45) is 2.89. The second kappa shape index (κ2) is 6.59. The number of phenolic OH excluding ortho intramolecular Hbond substituents is 1. The van der Waals surface area contributed by atoms with Gasteiger partial charge in [0.2, 0.25) is 0 Å². The van der Waals surface area contributed by atoms with E-state index in [1.54, 1.807) is 13.2 Å². The van der Waals surface area contributed by atoms with E-state index in [2.05, 4.69) is 16.8 Å². The molecule has 1 fully saturated rings. The smallest absolute Gasteiger partial charge is 0.160 e. The number of nitrogens with zero attached hydrogens (tertiary/aromatic N) is 3. The van der Waals surface area contributed by atoms with Crippen LogP contribution in [0.3, 0.4) is 0 Å². The van der Waals surface area contributed by atoms with Crippen molar-refractivity contribution < 1.29 is 9.84 Å². The molecule has 1 aromatic carbocycles. The number of aromatic hydroxyl groups is 1. The lowest BCUT2D eigenvalue weighted by atomic mass is 9.95. The Morgan fingerprint density at radius 1 is 1.32 bits per heavy atom. The molecule has 6 heteroatoms. The van der Waals surface area contributed by atoms with E-state index in [0.29, 0.717) is 11.8 Å². The number of rotatable bonds is 4. The molecule has 1 N–H and O–H groups in total. The Morgan fingerprint density at radius 3 is 2.92 bits per heavy atom. The Balaban J connectivity index is 1.80. The summed E-state index contributed by atoms with van der Waals surface area (Å²) >= 11 is 1.82. The van der Waals surface area contributed by atoms with Gasteiger partial charge in [-0.1, -0.05) is 30.8 Å². The Hall–Kier alpha value is -2.21. The van der Waals surface area contributed by atoms with Crippen molar-refractivity contribution in [2.75, 3.05) is 12.9 Å². The maximum absolute atomic E-state index is 9.96. The van der Waals surface area contributed by atoms with Crippen LogP contribution in [0, 0.1) is 0 Å². The summed E-state index contributed by atoms with van der Waals surface area (Å²) in [6.45, 7) is 2.22. The van der Waals surface area contributed by atoms with Crippen LogP contribution in [0.25, 0.3) is 0 Å². The minimum Gasteiger partial charge on any atom is -0.504 e. The van der Waals surface area contributed by atoms with Crippen LogP contribution in [-0.4, -0.2) is 39.1 Å². The van der Waals surface area contributed by atoms with Gasteiger partial charge in [-0.05, 0) is 36.2 Å². The van der Waals surface area contributed by atoms with Crippen LogP contribution in [0.4, 0.5) is 0 Å². The molecule has 0 unspecified atom stereocenters. The van der Waals surface area contributed by atoms with Crippen LogP contribution in [-0.2, 0) is 0 Å². The Morgan fingerprint density at radius 2 is 2.20 bits per heavy atom. The number of benzene rings is 1. The molecule has 0 spiro atoms. The molecule has 2 aliphatic heterocycles. The first-order valence-electron chi connectivity index (χ1n) is 8.49. The molecular formula is C19H21N3O2S. The number of hydrogen-bond donors (Lipinski definition) is 1. The van der Waals surface area contributed by atoms with Crippen LogP contribution in [0.2, 0.25) is 0 Å². The third-order valence-electron chi connectivity index (χ3n) is 4.87. The first-order valence-corrected chi connectivity index (χ1v) is 9.48. The van der Waals surface area contributed by atoms with Crippen molar-refractivity contribution in [1.29, 1.82) is 0 Å². The van der Waals surface area contributed by atoms with Crippen LogP contribution < -0.4 is 4.74 Å². The minimum absolute atomic E-state index is 0.0488. The predicted molar refractivity (Wildman–Crippen MR) is 100 cm³/mol. The molecule has 1 aromatic heterocycles. The van der Waals surface area contributed by atoms with Gasteiger partial charge in [0.25, 0.3) is 0 Å². The van der Waals surface area contributed by atoms with Crippen LogP contribution in [0.15, 0.2) is 47.6 Å². The molecule has 5 nitrogen and oxygen atoms in total. The Bertz CT molecular complexity index is 797. The monoisotopic (exact) mass is 355 g/mol. The Kier molecular flexibility index (Phi) is 4.29. The van der Waals surface area contributed by atoms with Crippen LogP contribution >= 0.6 is 11.8 Å². The fourth-order valence-electron chi connectivity index (χ4n) is 3.59. The number of aliphatic imine (C=N–C) groups is 1. The molecule has 130 valence electrons. The van der Waals surface area contributed by atoms with Crippen molar-refractivity contribution in [3.05, 3.63) is 53.9 Å². The van der Waals surface area contributed by atoms with Gasteiger partial charge in [0.15, 0.2) is 16.7 Å². The Labute approximate surface area is 151 Å². The zero-order valence-electron chi connectivity index (χ0n) is 14.3. The van der Waals surface area contributed by atoms with Gasteiger partial charge in [-0.25, -0.2) is 0 Å². The molecule has 0 bridgehead atoms. The zero-order chi connectivity index (χ0) is 17.4. The maximum atomic E-state index is 9.96. The minimum atomic E-state index is -0.0488. The van der Waals surface area contributed by atoms with E-state index >= 15 is 0 Å². The summed E-state index contributed by atoms with van der Waals surface area (Å²) in [6, 6.07) is 12.0. The number of amidine groups is 1. The van der Waals surface area contributed by atoms with E-state index in [1.165, 1.54) is 0 Å². The summed E-state index contributed by atoms with van der Waals surface area (Å²) in [7, 11) is 1.58. The summed E-state index contributed by atoms with van der Waals surface area (Å²) in [4.78, 5) is 12.0. The van der Waals surface area contributed by atoms with Gasteiger partial charge in [0, 0.05) is 18.0 Å². The van der Waals surface area contributed by atoms with Crippen molar-refractivity contribution in [2.24, 2.45) is 4.99 Å². The number of phenols is 1. The number of aromatic nitrogens is 1. The molecule has 0 radical (unpaired) electrons. The number of thioether (sulfide) groups is 1. The van der Waals surface area contributed by atoms with Crippen LogP contribution in [0.5, 0.6) is 11.5 Å². The quantitative estimate of drug-likeness (QED) is 0.905. The van der Waals surface area contributed by atoms with Gasteiger partial charge >= 0.3 is 0 Å². The summed E-state index contributed by atoms with van der Waals surface area (Å²) < 4.78 is 5.32. The molecule has 2 aromatic rings. The first-order chi connectivity index (χ1) is 12.2. The summed E-state index contributed by atoms with van der Waals surface area (Å²) in [5, 5.41) is 11.1. The highest BCUT2D eigenvalue weighted by molar-refractivity contribution is 8.14. The van der Waals surface area contributed by atoms with E-state index in [0.717, 1.165) is 28.6 Å². The zero-order valence-corrected chi connectivity index (χ0v) is 15.1. The molecule has 0 saturated carbocycles. The summed E-state index contributed by atoms with van der Waals surface area (Å²) in [5.41, 5.74) is 2.06. The normalized spacial score (nSPS) is 25.0. The highest BCUT2D eigenvalue weighted by Gasteiger charge is 2.45. The average molecular weight is 355 g/mol. The molecule has 0 amide bonds. The third-order valence-corrected chi connectivity index (χ3v) is 6.00. The lowest BCUT2D eigenvalue weighted by Gasteiger charge is -2.32. The fourth-order valence-corrected chi connectivity index (χ4v) is 4.93. The molecule has 25 heavy (non-hydrogen) atoms. The van der Waals surface area contributed by atoms with Crippen molar-refractivity contribution in [1.82, 2.24) is 9.88 Å². The van der Waals surface area contributed by atoms with E-state index in [9.17, 15) is 5.11 Å². The standard InChI is InChI=1S/C19H21N3O2S/c1-3-13-11-25-19-21-17(14-6-4-5-9-20-14)18(22(13)19)12-7-8-15(23)16(10-12)24-2/h4-10,13,17-18,23H,3,11H2,1-2H3/t13-,17+,18+/m0/s1. The second-order valence-corrected chi connectivity index (χ2v) is 7.25. The highest BCUT2D eigenvalue weighted by atomic mass is 32.2. The van der Waals surface area contributed by atoms with Crippen molar-refractivity contribution >= 4 is 16.9 Å². The number of methoxy groups -OCH3 is 1. The van der Waals surface area contributed by atoms with Crippen molar-refractivity contribution in [2.45, 2.75) is 31.5 Å². The molecule has 4 rings (SSSR count). The highest BCUT2D eigenvalue weighted by Crippen LogP contribution is 2.49. The second-order valence-electron chi connectivity index (χ2n) is 6.27. The van der Waals surface area contributed by atoms with Gasteiger partial charge in [-0.15, -0.1) is 0 Å². The van der Waals surface area contributed by atoms with Crippen molar-refractivity contribution in [3.8, 4) is 11.5 Å². The lowest BCUT2D eigenvalue weighted by molar-refractivity contribution is 0.254. The third kappa shape index (κ3) is 2.74. The van der Waals surface area contributed by atoms with Gasteiger partial charge in [-0.2, -0.15) is 0 Å². The van der Waals surface area contributed by atoms with Crippen LogP contribution in [0.1, 0.15) is 36.7 Å². The molecular weight excluding hydrogens is 334 g/mol. The number of ether oxygens (including phenoxy) is 1. The van der Waals surface area contributed by atoms with E-state index < -0.39 is 0 Å². The largest absolute Gasteiger partial charge is 0.504 e. The molecule has 3 atom stereocenters. The topological polar surface area (TPSA) is 58.0 Å². The van der Waals surface area contributed by atoms with Gasteiger partial charge < -0.3 is 14.7 Å². The van der Waals surface area contributed by atoms with Gasteiger partial charge in [-0.3, -0.25) is 9.98 Å². The molecule has 3 heterocycles. The van der Waals surface area contributed by atoms with E-state index in [-0.39, 0.29) is 17.8 Å². The molecule has 2 aliphatic rings. The maximum Gasteiger partial charge on any atom is 0.160 e. The SMILES string of the molecule is CC[C@H]1CSC2=N[C@H](c3ccccn3)[C@@H](c3ccc(O)c(OC)c3)N21. The number of pyridine rings is 1. The first kappa shape index (κ1) is 16.3. The number of fused-ring (bicyclic) bond motifs is 1. The average Bonchev–Trinajstić information content (AvgIpc) is 3.22. The van der Waals surface area contributed by atoms with Gasteiger partial charge in [0.05, 0.1) is 18.8 Å².